The molecule has 0 atom stereocenters. The van der Waals surface area contributed by atoms with Crippen LogP contribution in [0.25, 0.3) is 0 Å². The number of benzene rings is 2. The summed E-state index contributed by atoms with van der Waals surface area (Å²) in [6.45, 7) is 6.82. The average Bonchev–Trinajstić information content (AvgIpc) is 2.75. The third-order valence-corrected chi connectivity index (χ3v) is 5.69. The molecule has 29 heavy (non-hydrogen) atoms. The first-order valence-electron chi connectivity index (χ1n) is 9.90. The Morgan fingerprint density at radius 2 is 1.62 bits per heavy atom. The van der Waals surface area contributed by atoms with E-state index in [2.05, 4.69) is 15.9 Å². The molecule has 2 aromatic carbocycles. The van der Waals surface area contributed by atoms with Crippen LogP contribution in [0.15, 0.2) is 30.3 Å². The number of ether oxygens (including phenoxy) is 4. The van der Waals surface area contributed by atoms with Gasteiger partial charge in [-0.15, -0.1) is 0 Å². The summed E-state index contributed by atoms with van der Waals surface area (Å²) < 4.78 is 22.2. The number of nitrogens with zero attached hydrogens (tertiary/aromatic N) is 2. The minimum absolute atomic E-state index is 0.548. The molecule has 1 fully saturated rings. The van der Waals surface area contributed by atoms with E-state index in [1.165, 1.54) is 0 Å². The van der Waals surface area contributed by atoms with Crippen molar-refractivity contribution in [2.75, 3.05) is 53.6 Å². The second kappa shape index (κ2) is 9.11. The van der Waals surface area contributed by atoms with Crippen molar-refractivity contribution in [2.24, 2.45) is 0 Å². The molecule has 4 rings (SSSR count). The Hall–Kier alpha value is -2.15. The first kappa shape index (κ1) is 20.1. The van der Waals surface area contributed by atoms with Gasteiger partial charge in [0.15, 0.2) is 11.5 Å². The lowest BCUT2D eigenvalue weighted by Gasteiger charge is -2.35. The molecule has 7 heteroatoms. The molecule has 0 amide bonds. The monoisotopic (exact) mass is 418 g/mol. The number of halogens is 1. The van der Waals surface area contributed by atoms with Crippen molar-refractivity contribution < 1.29 is 18.9 Å². The fourth-order valence-corrected chi connectivity index (χ4v) is 4.15. The molecule has 0 aliphatic carbocycles. The number of hydrogen-bond acceptors (Lipinski definition) is 6. The van der Waals surface area contributed by atoms with E-state index < -0.39 is 0 Å². The maximum absolute atomic E-state index is 6.38. The van der Waals surface area contributed by atoms with Crippen molar-refractivity contribution in [3.8, 4) is 23.0 Å². The molecular formula is C22H27ClN2O4. The Morgan fingerprint density at radius 3 is 2.34 bits per heavy atom. The van der Waals surface area contributed by atoms with Gasteiger partial charge in [-0.05, 0) is 35.9 Å². The lowest BCUT2D eigenvalue weighted by molar-refractivity contribution is 0.121. The minimum Gasteiger partial charge on any atom is -0.497 e. The number of piperazine rings is 1. The minimum atomic E-state index is 0.548. The summed E-state index contributed by atoms with van der Waals surface area (Å²) in [7, 11) is 3.40. The summed E-state index contributed by atoms with van der Waals surface area (Å²) in [6.07, 6.45) is 0. The number of fused-ring (bicyclic) bond motifs is 1. The zero-order valence-corrected chi connectivity index (χ0v) is 17.7. The lowest BCUT2D eigenvalue weighted by Crippen LogP contribution is -2.45. The highest BCUT2D eigenvalue weighted by Crippen LogP contribution is 2.38. The highest BCUT2D eigenvalue weighted by atomic mass is 35.5. The Morgan fingerprint density at radius 1 is 0.897 bits per heavy atom. The van der Waals surface area contributed by atoms with Crippen molar-refractivity contribution >= 4 is 11.6 Å². The fourth-order valence-electron chi connectivity index (χ4n) is 3.87. The highest BCUT2D eigenvalue weighted by molar-refractivity contribution is 6.32. The summed E-state index contributed by atoms with van der Waals surface area (Å²) in [6, 6.07) is 9.99. The van der Waals surface area contributed by atoms with Gasteiger partial charge in [-0.3, -0.25) is 9.80 Å². The van der Waals surface area contributed by atoms with Crippen molar-refractivity contribution in [1.82, 2.24) is 9.80 Å². The molecule has 2 aromatic rings. The van der Waals surface area contributed by atoms with Gasteiger partial charge in [0.25, 0.3) is 0 Å². The Balaban J connectivity index is 1.35. The van der Waals surface area contributed by atoms with Crippen LogP contribution in [0.2, 0.25) is 5.02 Å². The molecule has 2 aliphatic rings. The van der Waals surface area contributed by atoms with Crippen LogP contribution in [0.1, 0.15) is 11.1 Å². The fraction of sp³-hybridized carbons (Fsp3) is 0.455. The maximum Gasteiger partial charge on any atom is 0.179 e. The van der Waals surface area contributed by atoms with Crippen LogP contribution in [0.4, 0.5) is 0 Å². The van der Waals surface area contributed by atoms with Gasteiger partial charge in [0.1, 0.15) is 24.7 Å². The first-order chi connectivity index (χ1) is 14.2. The molecule has 2 heterocycles. The van der Waals surface area contributed by atoms with Crippen LogP contribution in [0, 0.1) is 0 Å². The topological polar surface area (TPSA) is 43.4 Å². The third kappa shape index (κ3) is 4.71. The molecule has 0 saturated carbocycles. The molecule has 2 aliphatic heterocycles. The zero-order chi connectivity index (χ0) is 20.2. The summed E-state index contributed by atoms with van der Waals surface area (Å²) in [4.78, 5) is 4.89. The molecular weight excluding hydrogens is 392 g/mol. The van der Waals surface area contributed by atoms with Crippen LogP contribution < -0.4 is 18.9 Å². The number of hydrogen-bond donors (Lipinski definition) is 0. The SMILES string of the molecule is COc1ccc(OC)c(CN2CCN(Cc3cc(Cl)c4c(c3)OCCO4)CC2)c1. The molecule has 0 spiro atoms. The van der Waals surface area contributed by atoms with Gasteiger partial charge in [-0.2, -0.15) is 0 Å². The molecule has 0 N–H and O–H groups in total. The van der Waals surface area contributed by atoms with Crippen LogP contribution in [0.3, 0.4) is 0 Å². The third-order valence-electron chi connectivity index (χ3n) is 5.41. The van der Waals surface area contributed by atoms with Gasteiger partial charge in [0, 0.05) is 44.8 Å². The van der Waals surface area contributed by atoms with E-state index in [-0.39, 0.29) is 0 Å². The van der Waals surface area contributed by atoms with Crippen LogP contribution >= 0.6 is 11.6 Å². The van der Waals surface area contributed by atoms with E-state index in [0.29, 0.717) is 24.0 Å². The van der Waals surface area contributed by atoms with Crippen LogP contribution in [0.5, 0.6) is 23.0 Å². The second-order valence-electron chi connectivity index (χ2n) is 7.33. The molecule has 0 bridgehead atoms. The van der Waals surface area contributed by atoms with Gasteiger partial charge < -0.3 is 18.9 Å². The Bertz CT molecular complexity index is 853. The molecule has 0 unspecified atom stereocenters. The number of rotatable bonds is 6. The lowest BCUT2D eigenvalue weighted by atomic mass is 10.1. The van der Waals surface area contributed by atoms with Gasteiger partial charge in [-0.25, -0.2) is 0 Å². The summed E-state index contributed by atoms with van der Waals surface area (Å²) >= 11 is 6.38. The van der Waals surface area contributed by atoms with Gasteiger partial charge in [-0.1, -0.05) is 11.6 Å². The average molecular weight is 419 g/mol. The summed E-state index contributed by atoms with van der Waals surface area (Å²) in [5, 5.41) is 0.626. The molecule has 6 nitrogen and oxygen atoms in total. The second-order valence-corrected chi connectivity index (χ2v) is 7.74. The van der Waals surface area contributed by atoms with Crippen molar-refractivity contribution in [2.45, 2.75) is 13.1 Å². The summed E-state index contributed by atoms with van der Waals surface area (Å²) in [5.41, 5.74) is 2.31. The van der Waals surface area contributed by atoms with Crippen LogP contribution in [-0.2, 0) is 13.1 Å². The molecule has 0 aromatic heterocycles. The molecule has 156 valence electrons. The predicted octanol–water partition coefficient (Wildman–Crippen LogP) is 3.45. The van der Waals surface area contributed by atoms with E-state index in [1.807, 2.05) is 24.3 Å². The van der Waals surface area contributed by atoms with Crippen LogP contribution in [-0.4, -0.2) is 63.4 Å². The quantitative estimate of drug-likeness (QED) is 0.716. The van der Waals surface area contributed by atoms with E-state index >= 15 is 0 Å². The van der Waals surface area contributed by atoms with E-state index in [4.69, 9.17) is 30.5 Å². The van der Waals surface area contributed by atoms with Gasteiger partial charge in [0.05, 0.1) is 19.2 Å². The van der Waals surface area contributed by atoms with Crippen molar-refractivity contribution in [3.05, 3.63) is 46.5 Å². The molecule has 1 saturated heterocycles. The van der Waals surface area contributed by atoms with Crippen molar-refractivity contribution in [3.63, 3.8) is 0 Å². The number of methoxy groups -OCH3 is 2. The standard InChI is InChI=1S/C22H27ClN2O4/c1-26-18-3-4-20(27-2)17(13-18)15-25-7-5-24(6-8-25)14-16-11-19(23)22-21(12-16)28-9-10-29-22/h3-4,11-13H,5-10,14-15H2,1-2H3. The maximum atomic E-state index is 6.38. The van der Waals surface area contributed by atoms with E-state index in [0.717, 1.165) is 67.6 Å². The van der Waals surface area contributed by atoms with Crippen molar-refractivity contribution in [1.29, 1.82) is 0 Å². The van der Waals surface area contributed by atoms with Gasteiger partial charge in [0.2, 0.25) is 0 Å². The zero-order valence-electron chi connectivity index (χ0n) is 16.9. The Kier molecular flexibility index (Phi) is 6.33. The van der Waals surface area contributed by atoms with E-state index in [9.17, 15) is 0 Å². The Labute approximate surface area is 176 Å². The largest absolute Gasteiger partial charge is 0.497 e. The first-order valence-corrected chi connectivity index (χ1v) is 10.3. The molecule has 0 radical (unpaired) electrons. The predicted molar refractivity (Wildman–Crippen MR) is 113 cm³/mol. The van der Waals surface area contributed by atoms with E-state index in [1.54, 1.807) is 14.2 Å². The smallest absolute Gasteiger partial charge is 0.179 e. The normalized spacial score (nSPS) is 17.2. The highest BCUT2D eigenvalue weighted by Gasteiger charge is 2.21. The van der Waals surface area contributed by atoms with Gasteiger partial charge >= 0.3 is 0 Å². The summed E-state index contributed by atoms with van der Waals surface area (Å²) in [5.74, 6) is 3.18.